The summed E-state index contributed by atoms with van der Waals surface area (Å²) < 4.78 is 0. The number of hydroxylamine groups is 2. The van der Waals surface area contributed by atoms with Crippen LogP contribution in [0.15, 0.2) is 23.2 Å². The SMILES string of the molecule is Br.ON1CCN=C1Nc1cccc(Cl)c1Cl. The second-order valence-electron chi connectivity index (χ2n) is 3.05. The fourth-order valence-electron chi connectivity index (χ4n) is 1.26. The van der Waals surface area contributed by atoms with Crippen LogP contribution in [-0.4, -0.2) is 29.3 Å². The molecule has 88 valence electrons. The number of halogens is 3. The molecule has 0 fully saturated rings. The van der Waals surface area contributed by atoms with E-state index in [1.807, 2.05) is 0 Å². The molecule has 0 amide bonds. The van der Waals surface area contributed by atoms with Crippen LogP contribution >= 0.6 is 40.2 Å². The van der Waals surface area contributed by atoms with Gasteiger partial charge in [-0.15, -0.1) is 17.0 Å². The summed E-state index contributed by atoms with van der Waals surface area (Å²) in [5.41, 5.74) is 0.629. The Morgan fingerprint density at radius 3 is 2.75 bits per heavy atom. The van der Waals surface area contributed by atoms with Gasteiger partial charge in [-0.3, -0.25) is 5.21 Å². The minimum atomic E-state index is 0. The van der Waals surface area contributed by atoms with Crippen molar-refractivity contribution in [1.29, 1.82) is 0 Å². The maximum Gasteiger partial charge on any atom is 0.222 e. The number of benzene rings is 1. The summed E-state index contributed by atoms with van der Waals surface area (Å²) in [6.45, 7) is 1.05. The number of hydrogen-bond acceptors (Lipinski definition) is 4. The van der Waals surface area contributed by atoms with Crippen LogP contribution in [-0.2, 0) is 0 Å². The van der Waals surface area contributed by atoms with Gasteiger partial charge in [0.2, 0.25) is 5.96 Å². The van der Waals surface area contributed by atoms with Gasteiger partial charge < -0.3 is 5.32 Å². The van der Waals surface area contributed by atoms with Crippen molar-refractivity contribution in [2.45, 2.75) is 0 Å². The molecule has 2 rings (SSSR count). The summed E-state index contributed by atoms with van der Waals surface area (Å²) >= 11 is 11.8. The summed E-state index contributed by atoms with van der Waals surface area (Å²) in [4.78, 5) is 4.06. The van der Waals surface area contributed by atoms with Crippen LogP contribution in [0.1, 0.15) is 0 Å². The Morgan fingerprint density at radius 1 is 1.38 bits per heavy atom. The highest BCUT2D eigenvalue weighted by molar-refractivity contribution is 8.93. The van der Waals surface area contributed by atoms with E-state index < -0.39 is 0 Å². The predicted molar refractivity (Wildman–Crippen MR) is 71.2 cm³/mol. The van der Waals surface area contributed by atoms with Gasteiger partial charge in [0.05, 0.1) is 28.8 Å². The quantitative estimate of drug-likeness (QED) is 0.834. The van der Waals surface area contributed by atoms with Gasteiger partial charge in [-0.2, -0.15) is 0 Å². The predicted octanol–water partition coefficient (Wildman–Crippen LogP) is 3.04. The van der Waals surface area contributed by atoms with E-state index >= 15 is 0 Å². The van der Waals surface area contributed by atoms with Gasteiger partial charge in [-0.25, -0.2) is 10.1 Å². The Kier molecular flexibility index (Phi) is 4.86. The van der Waals surface area contributed by atoms with Crippen LogP contribution in [0.4, 0.5) is 5.69 Å². The molecule has 0 unspecified atom stereocenters. The molecule has 1 heterocycles. The van der Waals surface area contributed by atoms with E-state index in [2.05, 4.69) is 10.3 Å². The number of nitrogens with one attached hydrogen (secondary N) is 1. The van der Waals surface area contributed by atoms with Crippen molar-refractivity contribution < 1.29 is 5.21 Å². The molecule has 0 spiro atoms. The Labute approximate surface area is 114 Å². The van der Waals surface area contributed by atoms with Crippen molar-refractivity contribution in [2.75, 3.05) is 18.4 Å². The standard InChI is InChI=1S/C9H9Cl2N3O.BrH/c10-6-2-1-3-7(8(6)11)13-9-12-4-5-14(9)15;/h1-3,15H,4-5H2,(H,12,13);1H. The molecular formula is C9H10BrCl2N3O. The van der Waals surface area contributed by atoms with E-state index in [1.165, 1.54) is 0 Å². The van der Waals surface area contributed by atoms with E-state index in [4.69, 9.17) is 23.2 Å². The molecule has 0 aromatic heterocycles. The first-order valence-electron chi connectivity index (χ1n) is 4.40. The number of aliphatic imine (C=N–C) groups is 1. The molecular weight excluding hydrogens is 317 g/mol. The molecule has 0 radical (unpaired) electrons. The smallest absolute Gasteiger partial charge is 0.222 e. The lowest BCUT2D eigenvalue weighted by molar-refractivity contribution is -0.00269. The van der Waals surface area contributed by atoms with E-state index in [0.29, 0.717) is 34.8 Å². The van der Waals surface area contributed by atoms with Crippen LogP contribution < -0.4 is 5.32 Å². The molecule has 4 nitrogen and oxygen atoms in total. The minimum Gasteiger partial charge on any atom is -0.323 e. The zero-order valence-corrected chi connectivity index (χ0v) is 11.4. The molecule has 2 N–H and O–H groups in total. The minimum absolute atomic E-state index is 0. The van der Waals surface area contributed by atoms with Gasteiger partial charge in [0, 0.05) is 0 Å². The Bertz CT molecular complexity index is 414. The number of guanidine groups is 1. The number of nitrogens with zero attached hydrogens (tertiary/aromatic N) is 2. The zero-order valence-electron chi connectivity index (χ0n) is 8.15. The molecule has 0 aliphatic carbocycles. The van der Waals surface area contributed by atoms with E-state index in [-0.39, 0.29) is 17.0 Å². The largest absolute Gasteiger partial charge is 0.323 e. The lowest BCUT2D eigenvalue weighted by Crippen LogP contribution is -2.29. The first-order chi connectivity index (χ1) is 7.18. The van der Waals surface area contributed by atoms with Gasteiger partial charge >= 0.3 is 0 Å². The lowest BCUT2D eigenvalue weighted by Gasteiger charge is -2.14. The van der Waals surface area contributed by atoms with Crippen LogP contribution in [0.5, 0.6) is 0 Å². The number of hydrogen-bond donors (Lipinski definition) is 2. The average molecular weight is 327 g/mol. The third kappa shape index (κ3) is 2.79. The first-order valence-corrected chi connectivity index (χ1v) is 5.16. The lowest BCUT2D eigenvalue weighted by atomic mass is 10.3. The normalized spacial score (nSPS) is 14.4. The van der Waals surface area contributed by atoms with Crippen molar-refractivity contribution >= 4 is 51.8 Å². The van der Waals surface area contributed by atoms with E-state index in [1.54, 1.807) is 18.2 Å². The fourth-order valence-corrected chi connectivity index (χ4v) is 1.61. The van der Waals surface area contributed by atoms with Gasteiger partial charge in [0.1, 0.15) is 0 Å². The molecule has 1 aliphatic rings. The van der Waals surface area contributed by atoms with Crippen molar-refractivity contribution in [3.63, 3.8) is 0 Å². The Hall–Kier alpha value is -0.490. The molecule has 7 heteroatoms. The van der Waals surface area contributed by atoms with Crippen LogP contribution in [0.2, 0.25) is 10.0 Å². The molecule has 0 saturated heterocycles. The van der Waals surface area contributed by atoms with Crippen LogP contribution in [0, 0.1) is 0 Å². The van der Waals surface area contributed by atoms with Crippen molar-refractivity contribution in [3.8, 4) is 0 Å². The van der Waals surface area contributed by atoms with E-state index in [0.717, 1.165) is 5.06 Å². The Balaban J connectivity index is 0.00000128. The highest BCUT2D eigenvalue weighted by atomic mass is 79.9. The maximum absolute atomic E-state index is 9.37. The molecule has 1 aliphatic heterocycles. The third-order valence-electron chi connectivity index (χ3n) is 2.02. The summed E-state index contributed by atoms with van der Waals surface area (Å²) in [6.07, 6.45) is 0. The molecule has 1 aromatic carbocycles. The number of rotatable bonds is 1. The average Bonchev–Trinajstić information content (AvgIpc) is 2.60. The van der Waals surface area contributed by atoms with Crippen molar-refractivity contribution in [3.05, 3.63) is 28.2 Å². The molecule has 1 aromatic rings. The molecule has 16 heavy (non-hydrogen) atoms. The van der Waals surface area contributed by atoms with Gasteiger partial charge in [-0.05, 0) is 12.1 Å². The van der Waals surface area contributed by atoms with Crippen molar-refractivity contribution in [2.24, 2.45) is 4.99 Å². The van der Waals surface area contributed by atoms with Gasteiger partial charge in [-0.1, -0.05) is 29.3 Å². The Morgan fingerprint density at radius 2 is 2.12 bits per heavy atom. The highest BCUT2D eigenvalue weighted by Crippen LogP contribution is 2.29. The van der Waals surface area contributed by atoms with E-state index in [9.17, 15) is 5.21 Å². The first kappa shape index (κ1) is 13.6. The van der Waals surface area contributed by atoms with Crippen LogP contribution in [0.25, 0.3) is 0 Å². The summed E-state index contributed by atoms with van der Waals surface area (Å²) in [6, 6.07) is 5.24. The number of anilines is 1. The van der Waals surface area contributed by atoms with Gasteiger partial charge in [0.25, 0.3) is 0 Å². The topological polar surface area (TPSA) is 47.9 Å². The molecule has 0 saturated carbocycles. The van der Waals surface area contributed by atoms with Crippen LogP contribution in [0.3, 0.4) is 0 Å². The third-order valence-corrected chi connectivity index (χ3v) is 2.83. The van der Waals surface area contributed by atoms with Crippen molar-refractivity contribution in [1.82, 2.24) is 5.06 Å². The van der Waals surface area contributed by atoms with Gasteiger partial charge in [0.15, 0.2) is 0 Å². The highest BCUT2D eigenvalue weighted by Gasteiger charge is 2.15. The zero-order chi connectivity index (χ0) is 10.8. The second-order valence-corrected chi connectivity index (χ2v) is 3.84. The maximum atomic E-state index is 9.37. The monoisotopic (exact) mass is 325 g/mol. The molecule has 0 bridgehead atoms. The summed E-state index contributed by atoms with van der Waals surface area (Å²) in [7, 11) is 0. The summed E-state index contributed by atoms with van der Waals surface area (Å²) in [5, 5.41) is 14.2. The fraction of sp³-hybridized carbons (Fsp3) is 0.222. The second kappa shape index (κ2) is 5.72. The molecule has 0 atom stereocenters. The summed E-state index contributed by atoms with van der Waals surface area (Å²) in [5.74, 6) is 0.388.